The third kappa shape index (κ3) is 4.87. The van der Waals surface area contributed by atoms with E-state index in [4.69, 9.17) is 16.3 Å². The number of halogens is 1. The largest absolute Gasteiger partial charge is 0.464 e. The van der Waals surface area contributed by atoms with Crippen molar-refractivity contribution in [3.63, 3.8) is 0 Å². The second-order valence-corrected chi connectivity index (χ2v) is 9.01. The first-order valence-corrected chi connectivity index (χ1v) is 11.3. The third-order valence-electron chi connectivity index (χ3n) is 4.95. The molecule has 3 rings (SSSR count). The van der Waals surface area contributed by atoms with Crippen LogP contribution in [0.4, 0.5) is 0 Å². The molecule has 0 spiro atoms. The van der Waals surface area contributed by atoms with Gasteiger partial charge in [-0.3, -0.25) is 13.9 Å². The summed E-state index contributed by atoms with van der Waals surface area (Å²) in [5, 5.41) is 0.700. The number of ether oxygens (including phenoxy) is 2. The van der Waals surface area contributed by atoms with Crippen LogP contribution in [0.15, 0.2) is 29.3 Å². The van der Waals surface area contributed by atoms with Gasteiger partial charge in [0.25, 0.3) is 11.4 Å². The molecule has 0 radical (unpaired) electrons. The van der Waals surface area contributed by atoms with Crippen LogP contribution < -0.4 is 5.56 Å². The first kappa shape index (κ1) is 21.9. The van der Waals surface area contributed by atoms with E-state index in [1.165, 1.54) is 13.3 Å². The van der Waals surface area contributed by atoms with Gasteiger partial charge in [0, 0.05) is 6.04 Å². The number of fused-ring (bicyclic) bond motifs is 1. The maximum atomic E-state index is 12.8. The van der Waals surface area contributed by atoms with E-state index in [0.29, 0.717) is 35.2 Å². The molecule has 1 saturated carbocycles. The Kier molecular flexibility index (Phi) is 6.76. The molecule has 0 bridgehead atoms. The fraction of sp³-hybridized carbons (Fsp3) is 0.500. The maximum absolute atomic E-state index is 12.8. The molecule has 2 aromatic rings. The number of hydrogen-bond acceptors (Lipinski definition) is 6. The monoisotopic (exact) mass is 444 g/mol. The molecule has 0 aliphatic heterocycles. The maximum Gasteiger partial charge on any atom is 0.365 e. The summed E-state index contributed by atoms with van der Waals surface area (Å²) in [4.78, 5) is 47.6. The first-order valence-electron chi connectivity index (χ1n) is 9.21. The van der Waals surface area contributed by atoms with Crippen molar-refractivity contribution in [2.45, 2.75) is 38.1 Å². The predicted molar refractivity (Wildman–Crippen MR) is 106 cm³/mol. The minimum Gasteiger partial charge on any atom is -0.464 e. The molecule has 3 atom stereocenters. The van der Waals surface area contributed by atoms with Crippen molar-refractivity contribution in [3.8, 4) is 0 Å². The molecule has 2 N–H and O–H groups in total. The number of rotatable bonds is 7. The van der Waals surface area contributed by atoms with E-state index >= 15 is 0 Å². The topological polar surface area (TPSA) is 128 Å². The Labute approximate surface area is 171 Å². The molecule has 1 aromatic carbocycles. The molecule has 158 valence electrons. The summed E-state index contributed by atoms with van der Waals surface area (Å²) in [6, 6.07) is 4.95. The fourth-order valence-corrected chi connectivity index (χ4v) is 4.47. The lowest BCUT2D eigenvalue weighted by atomic mass is 10.1. The van der Waals surface area contributed by atoms with Crippen molar-refractivity contribution in [2.24, 2.45) is 5.92 Å². The highest BCUT2D eigenvalue weighted by molar-refractivity contribution is 7.53. The standard InChI is InChI=1S/C18H22ClN2O7P/c1-2-27-17(23)18(29(24,25)26)28-9-11-6-7-12(8-11)21-10-20-14-5-3-4-13(19)15(14)16(21)22/h3-5,10-12,18H,2,6-9H2,1H3,(H2,24,25,26). The van der Waals surface area contributed by atoms with E-state index in [1.807, 2.05) is 0 Å². The first-order chi connectivity index (χ1) is 13.7. The van der Waals surface area contributed by atoms with Crippen LogP contribution >= 0.6 is 19.2 Å². The summed E-state index contributed by atoms with van der Waals surface area (Å²) in [5.41, 5.74) is 0.294. The second-order valence-electron chi connectivity index (χ2n) is 6.95. The van der Waals surface area contributed by atoms with Gasteiger partial charge in [-0.1, -0.05) is 17.7 Å². The molecular formula is C18H22ClN2O7P. The summed E-state index contributed by atoms with van der Waals surface area (Å²) in [6.45, 7) is 1.50. The van der Waals surface area contributed by atoms with Crippen LogP contribution in [-0.4, -0.2) is 44.4 Å². The van der Waals surface area contributed by atoms with Gasteiger partial charge in [0.1, 0.15) is 0 Å². The zero-order valence-electron chi connectivity index (χ0n) is 15.7. The highest BCUT2D eigenvalue weighted by Gasteiger charge is 2.39. The molecule has 9 nitrogen and oxygen atoms in total. The van der Waals surface area contributed by atoms with Crippen molar-refractivity contribution >= 4 is 36.1 Å². The van der Waals surface area contributed by atoms with E-state index in [1.54, 1.807) is 22.8 Å². The fourth-order valence-electron chi connectivity index (χ4n) is 3.59. The summed E-state index contributed by atoms with van der Waals surface area (Å²) in [7, 11) is -4.81. The number of benzene rings is 1. The number of carbonyl (C=O) groups is 1. The zero-order chi connectivity index (χ0) is 21.2. The summed E-state index contributed by atoms with van der Waals surface area (Å²) in [6.07, 6.45) is 3.39. The second kappa shape index (κ2) is 8.93. The Hall–Kier alpha value is -1.77. The predicted octanol–water partition coefficient (Wildman–Crippen LogP) is 2.47. The van der Waals surface area contributed by atoms with Crippen LogP contribution in [0.1, 0.15) is 32.2 Å². The molecule has 1 aromatic heterocycles. The highest BCUT2D eigenvalue weighted by atomic mass is 35.5. The number of esters is 1. The summed E-state index contributed by atoms with van der Waals surface area (Å²) in [5.74, 6) is -3.09. The Balaban J connectivity index is 1.70. The molecule has 0 saturated heterocycles. The average molecular weight is 445 g/mol. The lowest BCUT2D eigenvalue weighted by Crippen LogP contribution is -2.29. The minimum absolute atomic E-state index is 0.00929. The van der Waals surface area contributed by atoms with Crippen molar-refractivity contribution in [2.75, 3.05) is 13.2 Å². The van der Waals surface area contributed by atoms with E-state index < -0.39 is 19.4 Å². The molecule has 1 aliphatic rings. The third-order valence-corrected chi connectivity index (χ3v) is 6.24. The van der Waals surface area contributed by atoms with E-state index in [2.05, 4.69) is 9.72 Å². The lowest BCUT2D eigenvalue weighted by molar-refractivity contribution is -0.152. The van der Waals surface area contributed by atoms with Crippen LogP contribution in [0.2, 0.25) is 5.02 Å². The molecule has 29 heavy (non-hydrogen) atoms. The van der Waals surface area contributed by atoms with Crippen LogP contribution in [0, 0.1) is 5.92 Å². The SMILES string of the molecule is CCOC(=O)C(OCC1CCC(n2cnc3cccc(Cl)c3c2=O)C1)P(=O)(O)O. The average Bonchev–Trinajstić information content (AvgIpc) is 3.10. The number of nitrogens with zero attached hydrogens (tertiary/aromatic N) is 2. The summed E-state index contributed by atoms with van der Waals surface area (Å²) < 4.78 is 23.0. The molecule has 11 heteroatoms. The van der Waals surface area contributed by atoms with E-state index in [-0.39, 0.29) is 30.7 Å². The van der Waals surface area contributed by atoms with E-state index in [0.717, 1.165) is 0 Å². The highest BCUT2D eigenvalue weighted by Crippen LogP contribution is 2.43. The van der Waals surface area contributed by atoms with Crippen LogP contribution in [0.25, 0.3) is 10.9 Å². The number of aromatic nitrogens is 2. The molecular weight excluding hydrogens is 423 g/mol. The Morgan fingerprint density at radius 3 is 2.86 bits per heavy atom. The molecule has 3 unspecified atom stereocenters. The lowest BCUT2D eigenvalue weighted by Gasteiger charge is -2.20. The van der Waals surface area contributed by atoms with Crippen molar-refractivity contribution in [3.05, 3.63) is 39.9 Å². The van der Waals surface area contributed by atoms with Gasteiger partial charge in [0.05, 0.1) is 35.5 Å². The smallest absolute Gasteiger partial charge is 0.365 e. The normalized spacial score (nSPS) is 20.7. The quantitative estimate of drug-likeness (QED) is 0.492. The van der Waals surface area contributed by atoms with Gasteiger partial charge < -0.3 is 19.3 Å². The van der Waals surface area contributed by atoms with Gasteiger partial charge in [0.2, 0.25) is 0 Å². The van der Waals surface area contributed by atoms with Gasteiger partial charge in [-0.25, -0.2) is 9.78 Å². The number of hydrogen-bond donors (Lipinski definition) is 2. The molecule has 1 aliphatic carbocycles. The molecule has 1 fully saturated rings. The van der Waals surface area contributed by atoms with Crippen LogP contribution in [0.3, 0.4) is 0 Å². The summed E-state index contributed by atoms with van der Waals surface area (Å²) >= 11 is 6.16. The number of carbonyl (C=O) groups excluding carboxylic acids is 1. The van der Waals surface area contributed by atoms with Crippen molar-refractivity contribution in [1.82, 2.24) is 9.55 Å². The van der Waals surface area contributed by atoms with Crippen LogP contribution in [0.5, 0.6) is 0 Å². The van der Waals surface area contributed by atoms with E-state index in [9.17, 15) is 23.9 Å². The minimum atomic E-state index is -4.81. The Morgan fingerprint density at radius 2 is 2.17 bits per heavy atom. The molecule has 0 amide bonds. The molecule has 1 heterocycles. The van der Waals surface area contributed by atoms with Crippen molar-refractivity contribution in [1.29, 1.82) is 0 Å². The van der Waals surface area contributed by atoms with Gasteiger partial charge in [-0.2, -0.15) is 0 Å². The Morgan fingerprint density at radius 1 is 1.41 bits per heavy atom. The van der Waals surface area contributed by atoms with Crippen LogP contribution in [-0.2, 0) is 18.8 Å². The van der Waals surface area contributed by atoms with Crippen molar-refractivity contribution < 1.29 is 28.6 Å². The van der Waals surface area contributed by atoms with Gasteiger partial charge >= 0.3 is 13.6 Å². The van der Waals surface area contributed by atoms with Gasteiger partial charge in [-0.05, 0) is 44.2 Å². The van der Waals surface area contributed by atoms with Gasteiger partial charge in [-0.15, -0.1) is 0 Å². The van der Waals surface area contributed by atoms with Gasteiger partial charge in [0.15, 0.2) is 0 Å². The Bertz CT molecular complexity index is 1010. The zero-order valence-corrected chi connectivity index (χ0v) is 17.4.